The van der Waals surface area contributed by atoms with Gasteiger partial charge >= 0.3 is 0 Å². The van der Waals surface area contributed by atoms with Gasteiger partial charge in [0.2, 0.25) is 0 Å². The fourth-order valence-electron chi connectivity index (χ4n) is 3.97. The van der Waals surface area contributed by atoms with E-state index < -0.39 is 23.4 Å². The molecule has 2 atom stereocenters. The number of rotatable bonds is 4. The summed E-state index contributed by atoms with van der Waals surface area (Å²) in [6.45, 7) is 6.69. The van der Waals surface area contributed by atoms with Crippen LogP contribution in [0.15, 0.2) is 30.3 Å². The smallest absolute Gasteiger partial charge is 0.174 e. The fourth-order valence-corrected chi connectivity index (χ4v) is 3.97. The lowest BCUT2D eigenvalue weighted by atomic mass is 9.86. The number of phenolic OH excluding ortho intramolecular Hbond substituents is 2. The highest BCUT2D eigenvalue weighted by Gasteiger charge is 2.39. The van der Waals surface area contributed by atoms with Gasteiger partial charge in [-0.25, -0.2) is 0 Å². The van der Waals surface area contributed by atoms with Crippen LogP contribution in [0.3, 0.4) is 0 Å². The molecule has 7 nitrogen and oxygen atoms in total. The molecule has 2 heterocycles. The number of hydrogen-bond acceptors (Lipinski definition) is 7. The van der Waals surface area contributed by atoms with Gasteiger partial charge in [0.1, 0.15) is 40.3 Å². The second kappa shape index (κ2) is 7.53. The number of carbonyl (C=O) groups is 1. The summed E-state index contributed by atoms with van der Waals surface area (Å²) in [4.78, 5) is 13.1. The van der Waals surface area contributed by atoms with E-state index in [0.29, 0.717) is 22.4 Å². The van der Waals surface area contributed by atoms with Gasteiger partial charge in [0.05, 0.1) is 23.7 Å². The molecule has 0 spiro atoms. The molecule has 170 valence electrons. The lowest BCUT2D eigenvalue weighted by Gasteiger charge is -2.35. The van der Waals surface area contributed by atoms with E-state index in [9.17, 15) is 25.2 Å². The van der Waals surface area contributed by atoms with Crippen LogP contribution in [-0.2, 0) is 6.42 Å². The summed E-state index contributed by atoms with van der Waals surface area (Å²) in [5, 5.41) is 41.5. The van der Waals surface area contributed by atoms with Gasteiger partial charge in [0.25, 0.3) is 0 Å². The Morgan fingerprint density at radius 2 is 1.81 bits per heavy atom. The molecule has 32 heavy (non-hydrogen) atoms. The van der Waals surface area contributed by atoms with Crippen molar-refractivity contribution in [2.75, 3.05) is 0 Å². The zero-order valence-corrected chi connectivity index (χ0v) is 18.5. The van der Waals surface area contributed by atoms with E-state index in [1.165, 1.54) is 26.0 Å². The average molecular weight is 440 g/mol. The van der Waals surface area contributed by atoms with Crippen molar-refractivity contribution >= 4 is 11.9 Å². The van der Waals surface area contributed by atoms with E-state index in [4.69, 9.17) is 9.47 Å². The molecule has 2 aliphatic rings. The normalized spacial score (nSPS) is 20.1. The Balaban J connectivity index is 1.89. The summed E-state index contributed by atoms with van der Waals surface area (Å²) in [6.07, 6.45) is 1.63. The van der Waals surface area contributed by atoms with E-state index in [2.05, 4.69) is 0 Å². The van der Waals surface area contributed by atoms with Gasteiger partial charge in [-0.2, -0.15) is 0 Å². The van der Waals surface area contributed by atoms with Crippen molar-refractivity contribution < 1.29 is 34.7 Å². The first-order valence-corrected chi connectivity index (χ1v) is 10.6. The van der Waals surface area contributed by atoms with Gasteiger partial charge in [0, 0.05) is 12.0 Å². The molecule has 4 rings (SSSR count). The summed E-state index contributed by atoms with van der Waals surface area (Å²) in [7, 11) is 0. The molecule has 0 aromatic heterocycles. The number of carbonyl (C=O) groups excluding carboxylic acids is 1. The minimum absolute atomic E-state index is 0.00761. The predicted octanol–water partition coefficient (Wildman–Crippen LogP) is 3.66. The highest BCUT2D eigenvalue weighted by molar-refractivity contribution is 6.05. The number of ketones is 1. The lowest BCUT2D eigenvalue weighted by molar-refractivity contribution is -0.0476. The second-order valence-corrected chi connectivity index (χ2v) is 9.51. The zero-order chi connectivity index (χ0) is 23.4. The first-order valence-electron chi connectivity index (χ1n) is 10.6. The topological polar surface area (TPSA) is 116 Å². The minimum Gasteiger partial charge on any atom is -0.508 e. The van der Waals surface area contributed by atoms with Crippen molar-refractivity contribution in [3.8, 4) is 23.0 Å². The highest BCUT2D eigenvalue weighted by Crippen LogP contribution is 2.51. The number of aliphatic hydroxyl groups excluding tert-OH is 1. The van der Waals surface area contributed by atoms with Gasteiger partial charge in [0.15, 0.2) is 5.78 Å². The number of benzene rings is 2. The molecule has 4 N–H and O–H groups in total. The maximum absolute atomic E-state index is 13.1. The average Bonchev–Trinajstić information content (AvgIpc) is 2.69. The Labute approximate surface area is 186 Å². The molecule has 0 aliphatic carbocycles. The molecule has 0 radical (unpaired) electrons. The maximum Gasteiger partial charge on any atom is 0.174 e. The summed E-state index contributed by atoms with van der Waals surface area (Å²) in [6, 6.07) is 6.37. The molecule has 2 aromatic rings. The summed E-state index contributed by atoms with van der Waals surface area (Å²) in [5.41, 5.74) is -0.597. The third-order valence-electron chi connectivity index (χ3n) is 5.92. The molecular formula is C25H28O7. The molecule has 0 amide bonds. The van der Waals surface area contributed by atoms with Crippen LogP contribution in [0.4, 0.5) is 0 Å². The van der Waals surface area contributed by atoms with E-state index in [1.54, 1.807) is 24.3 Å². The predicted molar refractivity (Wildman–Crippen MR) is 118 cm³/mol. The first kappa shape index (κ1) is 22.2. The number of aromatic hydroxyl groups is 2. The van der Waals surface area contributed by atoms with Gasteiger partial charge in [-0.3, -0.25) is 4.79 Å². The van der Waals surface area contributed by atoms with Crippen molar-refractivity contribution in [3.05, 3.63) is 52.6 Å². The van der Waals surface area contributed by atoms with E-state index in [-0.39, 0.29) is 41.4 Å². The van der Waals surface area contributed by atoms with Crippen LogP contribution in [0.5, 0.6) is 23.0 Å². The monoisotopic (exact) mass is 440 g/mol. The molecule has 2 aromatic carbocycles. The number of aliphatic hydroxyl groups is 2. The van der Waals surface area contributed by atoms with E-state index >= 15 is 0 Å². The Kier molecular flexibility index (Phi) is 5.22. The Bertz CT molecular complexity index is 1090. The van der Waals surface area contributed by atoms with Crippen LogP contribution in [0, 0.1) is 0 Å². The van der Waals surface area contributed by atoms with Gasteiger partial charge in [-0.15, -0.1) is 0 Å². The Morgan fingerprint density at radius 1 is 1.16 bits per heavy atom. The maximum atomic E-state index is 13.1. The molecule has 0 fully saturated rings. The number of ether oxygens (including phenoxy) is 2. The Hall–Kier alpha value is -3.03. The summed E-state index contributed by atoms with van der Waals surface area (Å²) in [5.74, 6) is 0.0276. The fraction of sp³-hybridized carbons (Fsp3) is 0.400. The largest absolute Gasteiger partial charge is 0.508 e. The minimum atomic E-state index is -1.41. The molecule has 0 saturated carbocycles. The third-order valence-corrected chi connectivity index (χ3v) is 5.92. The first-order chi connectivity index (χ1) is 14.9. The SMILES string of the molecule is CC1(C)C=Cc2c(O)c3c(c(C[C@H](O)C(C)(C)O)c2O1)O[C@H](c1ccc(O)cc1)CC3=O. The second-order valence-electron chi connectivity index (χ2n) is 9.51. The lowest BCUT2D eigenvalue weighted by Crippen LogP contribution is -2.38. The molecule has 2 aliphatic heterocycles. The molecule has 7 heteroatoms. The summed E-state index contributed by atoms with van der Waals surface area (Å²) < 4.78 is 12.4. The number of fused-ring (bicyclic) bond motifs is 2. The highest BCUT2D eigenvalue weighted by atomic mass is 16.5. The van der Waals surface area contributed by atoms with Crippen molar-refractivity contribution in [2.45, 2.75) is 63.9 Å². The molecule has 0 unspecified atom stereocenters. The van der Waals surface area contributed by atoms with Crippen molar-refractivity contribution in [1.29, 1.82) is 0 Å². The van der Waals surface area contributed by atoms with Crippen LogP contribution in [-0.4, -0.2) is 43.5 Å². The van der Waals surface area contributed by atoms with Gasteiger partial charge in [-0.1, -0.05) is 12.1 Å². The number of phenols is 2. The standard InChI is InChI=1S/C25H28O7/c1-24(2)10-9-15-21(29)20-17(27)12-18(13-5-7-14(26)8-6-13)31-23(20)16(22(15)32-24)11-19(28)25(3,4)30/h5-10,18-19,26,28-30H,11-12H2,1-4H3/t18-,19-/m0/s1. The van der Waals surface area contributed by atoms with Crippen LogP contribution < -0.4 is 9.47 Å². The summed E-state index contributed by atoms with van der Waals surface area (Å²) >= 11 is 0. The van der Waals surface area contributed by atoms with Crippen LogP contribution in [0.1, 0.15) is 67.3 Å². The number of Topliss-reactive ketones (excluding diaryl/α,β-unsaturated/α-hetero) is 1. The quantitative estimate of drug-likeness (QED) is 0.573. The van der Waals surface area contributed by atoms with Gasteiger partial charge < -0.3 is 29.9 Å². The van der Waals surface area contributed by atoms with Gasteiger partial charge in [-0.05, 0) is 57.5 Å². The van der Waals surface area contributed by atoms with E-state index in [1.807, 2.05) is 13.8 Å². The zero-order valence-electron chi connectivity index (χ0n) is 18.5. The van der Waals surface area contributed by atoms with Crippen LogP contribution in [0.2, 0.25) is 0 Å². The van der Waals surface area contributed by atoms with Crippen LogP contribution in [0.25, 0.3) is 6.08 Å². The number of hydrogen-bond donors (Lipinski definition) is 4. The third kappa shape index (κ3) is 3.94. The van der Waals surface area contributed by atoms with Crippen molar-refractivity contribution in [1.82, 2.24) is 0 Å². The Morgan fingerprint density at radius 3 is 2.44 bits per heavy atom. The van der Waals surface area contributed by atoms with E-state index in [0.717, 1.165) is 0 Å². The molecule has 0 bridgehead atoms. The van der Waals surface area contributed by atoms with Crippen molar-refractivity contribution in [3.63, 3.8) is 0 Å². The van der Waals surface area contributed by atoms with Crippen LogP contribution >= 0.6 is 0 Å². The molecule has 0 saturated heterocycles. The molecular weight excluding hydrogens is 412 g/mol. The van der Waals surface area contributed by atoms with Crippen molar-refractivity contribution in [2.24, 2.45) is 0 Å².